The molecule has 0 spiro atoms. The number of nitrogens with one attached hydrogen (secondary N) is 2. The van der Waals surface area contributed by atoms with Crippen LogP contribution in [-0.4, -0.2) is 131 Å². The Hall–Kier alpha value is -5.73. The number of nitrogens with two attached hydrogens (primary N) is 1. The lowest BCUT2D eigenvalue weighted by molar-refractivity contribution is -0.277. The molecule has 0 amide bonds. The standard InChI is InChI=1S/C35H44N4O15/c1-17(14-40)39-21-13-23(22(11-19(21)32(46)47)52-16-38-35(36)37-2)53-34-30(45)29(44)27(42)25(54-34)15-51-33(48)20-12-24(49-3)28(43)31(26(20)41)50-10-9-18-7-5-4-6-8-18/h4-8,11-13,17,25,27,29-30,34,39-45H,9-10,14-16H2,1-3H3,(H,46,47)(H3,36,37,38). The zero-order chi connectivity index (χ0) is 39.5. The number of esters is 1. The van der Waals surface area contributed by atoms with E-state index in [1.165, 1.54) is 20.2 Å². The lowest BCUT2D eigenvalue weighted by Crippen LogP contribution is -2.60. The van der Waals surface area contributed by atoms with Crippen LogP contribution in [-0.2, 0) is 15.9 Å². The molecule has 3 aromatic carbocycles. The van der Waals surface area contributed by atoms with Gasteiger partial charge in [-0.2, -0.15) is 0 Å². The van der Waals surface area contributed by atoms with Gasteiger partial charge in [0, 0.05) is 37.7 Å². The molecule has 4 rings (SSSR count). The molecule has 3 aromatic rings. The van der Waals surface area contributed by atoms with Crippen LogP contribution in [0.4, 0.5) is 5.69 Å². The minimum absolute atomic E-state index is 0.00241. The van der Waals surface area contributed by atoms with Crippen LogP contribution >= 0.6 is 0 Å². The van der Waals surface area contributed by atoms with Gasteiger partial charge in [0.15, 0.2) is 35.7 Å². The number of aliphatic hydroxyl groups excluding tert-OH is 4. The molecule has 1 aliphatic rings. The number of carbonyl (C=O) groups is 2. The van der Waals surface area contributed by atoms with Crippen LogP contribution in [0.25, 0.3) is 0 Å². The van der Waals surface area contributed by atoms with E-state index in [9.17, 15) is 45.3 Å². The molecule has 0 bridgehead atoms. The number of methoxy groups -OCH3 is 1. The van der Waals surface area contributed by atoms with Gasteiger partial charge in [0.25, 0.3) is 0 Å². The Morgan fingerprint density at radius 1 is 0.963 bits per heavy atom. The number of carbonyl (C=O) groups excluding carboxylic acids is 1. The molecule has 19 heteroatoms. The molecular formula is C35H44N4O15. The van der Waals surface area contributed by atoms with E-state index in [0.717, 1.165) is 17.7 Å². The smallest absolute Gasteiger partial charge is 0.342 e. The van der Waals surface area contributed by atoms with E-state index in [0.29, 0.717) is 6.42 Å². The fraction of sp³-hybridized carbons (Fsp3) is 0.400. The molecule has 0 radical (unpaired) electrons. The minimum Gasteiger partial charge on any atom is -0.504 e. The Kier molecular flexibility index (Phi) is 14.3. The number of aliphatic hydroxyl groups is 4. The van der Waals surface area contributed by atoms with Crippen molar-refractivity contribution in [3.05, 3.63) is 65.2 Å². The zero-order valence-electron chi connectivity index (χ0n) is 29.5. The summed E-state index contributed by atoms with van der Waals surface area (Å²) in [5.41, 5.74) is 5.79. The van der Waals surface area contributed by atoms with Gasteiger partial charge in [-0.05, 0) is 12.5 Å². The van der Waals surface area contributed by atoms with Crippen LogP contribution in [0.2, 0.25) is 0 Å². The highest BCUT2D eigenvalue weighted by molar-refractivity contribution is 5.96. The number of phenols is 2. The number of aromatic carboxylic acids is 1. The lowest BCUT2D eigenvalue weighted by Gasteiger charge is -2.40. The van der Waals surface area contributed by atoms with Crippen molar-refractivity contribution in [3.63, 3.8) is 0 Å². The maximum absolute atomic E-state index is 13.2. The Bertz CT molecular complexity index is 1780. The molecule has 6 unspecified atom stereocenters. The highest BCUT2D eigenvalue weighted by Crippen LogP contribution is 2.46. The number of anilines is 1. The molecule has 1 aliphatic heterocycles. The predicted molar refractivity (Wildman–Crippen MR) is 189 cm³/mol. The molecule has 0 saturated carbocycles. The lowest BCUT2D eigenvalue weighted by atomic mass is 9.99. The van der Waals surface area contributed by atoms with Gasteiger partial charge in [0.05, 0.1) is 31.6 Å². The fourth-order valence-corrected chi connectivity index (χ4v) is 5.13. The number of aromatic hydroxyl groups is 2. The summed E-state index contributed by atoms with van der Waals surface area (Å²) in [7, 11) is 2.64. The summed E-state index contributed by atoms with van der Waals surface area (Å²) in [5.74, 6) is -4.91. The summed E-state index contributed by atoms with van der Waals surface area (Å²) >= 11 is 0. The second-order valence-corrected chi connectivity index (χ2v) is 11.9. The van der Waals surface area contributed by atoms with Gasteiger partial charge in [-0.25, -0.2) is 9.59 Å². The maximum atomic E-state index is 13.2. The van der Waals surface area contributed by atoms with Crippen molar-refractivity contribution in [1.82, 2.24) is 5.32 Å². The SMILES string of the molecule is CN=C(N)NCOc1cc(C(=O)O)c(NC(C)CO)cc1OC1OC(COC(=O)c2cc(OC)c(O)c(OCCc3ccccc3)c2O)C(O)C(O)C1O. The van der Waals surface area contributed by atoms with Crippen molar-refractivity contribution < 1.29 is 73.8 Å². The van der Waals surface area contributed by atoms with Gasteiger partial charge >= 0.3 is 11.9 Å². The monoisotopic (exact) mass is 760 g/mol. The summed E-state index contributed by atoms with van der Waals surface area (Å²) in [4.78, 5) is 29.1. The Balaban J connectivity index is 1.55. The van der Waals surface area contributed by atoms with Gasteiger partial charge in [-0.3, -0.25) is 4.99 Å². The molecule has 1 saturated heterocycles. The van der Waals surface area contributed by atoms with E-state index in [1.54, 1.807) is 6.92 Å². The van der Waals surface area contributed by atoms with Crippen molar-refractivity contribution in [2.75, 3.05) is 46.0 Å². The van der Waals surface area contributed by atoms with Crippen LogP contribution in [0.1, 0.15) is 33.2 Å². The number of carboxylic acids is 1. The van der Waals surface area contributed by atoms with Crippen molar-refractivity contribution in [2.45, 2.75) is 50.1 Å². The Labute approximate surface area is 309 Å². The van der Waals surface area contributed by atoms with Crippen LogP contribution in [0.15, 0.2) is 53.5 Å². The summed E-state index contributed by atoms with van der Waals surface area (Å²) in [6, 6.07) is 11.9. The summed E-state index contributed by atoms with van der Waals surface area (Å²) in [5, 5.41) is 78.7. The largest absolute Gasteiger partial charge is 0.504 e. The average Bonchev–Trinajstić information content (AvgIpc) is 3.16. The van der Waals surface area contributed by atoms with Gasteiger partial charge in [-0.15, -0.1) is 0 Å². The van der Waals surface area contributed by atoms with Crippen LogP contribution in [0.5, 0.6) is 34.5 Å². The summed E-state index contributed by atoms with van der Waals surface area (Å²) in [6.45, 7) is 0.162. The first kappa shape index (κ1) is 41.0. The molecule has 1 heterocycles. The van der Waals surface area contributed by atoms with E-state index < -0.39 is 78.1 Å². The number of ether oxygens (including phenoxy) is 6. The normalized spacial score (nSPS) is 20.4. The van der Waals surface area contributed by atoms with Crippen molar-refractivity contribution in [1.29, 1.82) is 0 Å². The third-order valence-electron chi connectivity index (χ3n) is 8.12. The topological polar surface area (TPSA) is 294 Å². The third kappa shape index (κ3) is 10.0. The zero-order valence-corrected chi connectivity index (χ0v) is 29.5. The fourth-order valence-electron chi connectivity index (χ4n) is 5.13. The average molecular weight is 761 g/mol. The van der Waals surface area contributed by atoms with E-state index >= 15 is 0 Å². The van der Waals surface area contributed by atoms with Gasteiger partial charge in [0.1, 0.15) is 36.6 Å². The summed E-state index contributed by atoms with van der Waals surface area (Å²) < 4.78 is 33.3. The number of carboxylic acid groups (broad SMARTS) is 1. The Morgan fingerprint density at radius 3 is 2.31 bits per heavy atom. The van der Waals surface area contributed by atoms with Crippen molar-refractivity contribution in [2.24, 2.45) is 10.7 Å². The number of benzene rings is 3. The first-order valence-corrected chi connectivity index (χ1v) is 16.5. The van der Waals surface area contributed by atoms with Crippen molar-refractivity contribution in [3.8, 4) is 34.5 Å². The number of rotatable bonds is 17. The number of nitrogens with zero attached hydrogens (tertiary/aromatic N) is 1. The second kappa shape index (κ2) is 18.9. The summed E-state index contributed by atoms with van der Waals surface area (Å²) in [6.07, 6.45) is -8.51. The second-order valence-electron chi connectivity index (χ2n) is 11.9. The molecular weight excluding hydrogens is 716 g/mol. The molecule has 294 valence electrons. The van der Waals surface area contributed by atoms with Crippen molar-refractivity contribution >= 4 is 23.6 Å². The predicted octanol–water partition coefficient (Wildman–Crippen LogP) is 0.133. The van der Waals surface area contributed by atoms with E-state index in [1.807, 2.05) is 30.3 Å². The van der Waals surface area contributed by atoms with Crippen LogP contribution in [0.3, 0.4) is 0 Å². The maximum Gasteiger partial charge on any atom is 0.342 e. The molecule has 54 heavy (non-hydrogen) atoms. The Morgan fingerprint density at radius 2 is 1.67 bits per heavy atom. The molecule has 0 aliphatic carbocycles. The number of hydrogen-bond donors (Lipinski definition) is 10. The van der Waals surface area contributed by atoms with Crippen LogP contribution in [0, 0.1) is 0 Å². The number of phenolic OH excluding ortho intramolecular Hbond substituents is 2. The number of aliphatic imine (C=N–C) groups is 1. The van der Waals surface area contributed by atoms with E-state index in [-0.39, 0.29) is 54.4 Å². The number of hydrogen-bond acceptors (Lipinski definition) is 16. The van der Waals surface area contributed by atoms with Gasteiger partial charge < -0.3 is 80.5 Å². The van der Waals surface area contributed by atoms with Gasteiger partial charge in [0.2, 0.25) is 17.8 Å². The minimum atomic E-state index is -1.91. The number of guanidine groups is 1. The molecule has 6 atom stereocenters. The van der Waals surface area contributed by atoms with Gasteiger partial charge in [-0.1, -0.05) is 30.3 Å². The molecule has 19 nitrogen and oxygen atoms in total. The van der Waals surface area contributed by atoms with E-state index in [2.05, 4.69) is 15.6 Å². The van der Waals surface area contributed by atoms with E-state index in [4.69, 9.17) is 34.2 Å². The first-order chi connectivity index (χ1) is 25.8. The first-order valence-electron chi connectivity index (χ1n) is 16.5. The van der Waals surface area contributed by atoms with Crippen LogP contribution < -0.4 is 35.3 Å². The third-order valence-corrected chi connectivity index (χ3v) is 8.12. The molecule has 11 N–H and O–H groups in total. The highest BCUT2D eigenvalue weighted by atomic mass is 16.7. The highest BCUT2D eigenvalue weighted by Gasteiger charge is 2.46. The molecule has 1 fully saturated rings. The quantitative estimate of drug-likeness (QED) is 0.0379. The molecule has 0 aromatic heterocycles.